The maximum atomic E-state index is 6.21. The second-order valence-electron chi connectivity index (χ2n) is 4.50. The minimum Gasteiger partial charge on any atom is -0.372 e. The van der Waals surface area contributed by atoms with Gasteiger partial charge in [-0.15, -0.1) is 0 Å². The number of halogens is 2. The summed E-state index contributed by atoms with van der Waals surface area (Å²) in [4.78, 5) is 10.9. The first-order valence-electron chi connectivity index (χ1n) is 6.18. The van der Waals surface area contributed by atoms with Crippen LogP contribution in [0.2, 0.25) is 10.0 Å². The van der Waals surface area contributed by atoms with Crippen molar-refractivity contribution in [3.63, 3.8) is 0 Å². The van der Waals surface area contributed by atoms with Crippen molar-refractivity contribution in [1.82, 2.24) is 9.97 Å². The summed E-state index contributed by atoms with van der Waals surface area (Å²) in [6.45, 7) is 2.59. The van der Waals surface area contributed by atoms with Crippen LogP contribution in [0.5, 0.6) is 0 Å². The van der Waals surface area contributed by atoms with Gasteiger partial charge in [0, 0.05) is 19.8 Å². The lowest BCUT2D eigenvalue weighted by Gasteiger charge is -2.20. The SMILES string of the molecule is CNc1nc(N(C)Cc2cccc(C)n2)c(Cl)cc1Cl. The number of rotatable bonds is 4. The Hall–Kier alpha value is -1.52. The molecule has 1 N–H and O–H groups in total. The normalized spacial score (nSPS) is 10.4. The Kier molecular flexibility index (Phi) is 4.68. The zero-order valence-corrected chi connectivity index (χ0v) is 13.1. The number of hydrogen-bond acceptors (Lipinski definition) is 4. The largest absolute Gasteiger partial charge is 0.372 e. The van der Waals surface area contributed by atoms with Gasteiger partial charge in [0.15, 0.2) is 0 Å². The molecular formula is C14H16Cl2N4. The molecule has 0 amide bonds. The second-order valence-corrected chi connectivity index (χ2v) is 5.31. The standard InChI is InChI=1S/C14H16Cl2N4/c1-9-5-4-6-10(18-9)8-20(3)14-12(16)7-11(15)13(17-2)19-14/h4-7H,8H2,1-3H3,(H,17,19). The number of pyridine rings is 2. The maximum absolute atomic E-state index is 6.21. The third-order valence-electron chi connectivity index (χ3n) is 2.85. The van der Waals surface area contributed by atoms with Crippen LogP contribution >= 0.6 is 23.2 Å². The molecule has 6 heteroatoms. The van der Waals surface area contributed by atoms with E-state index < -0.39 is 0 Å². The highest BCUT2D eigenvalue weighted by molar-refractivity contribution is 6.37. The minimum atomic E-state index is 0.503. The summed E-state index contributed by atoms with van der Waals surface area (Å²) in [6, 6.07) is 7.63. The van der Waals surface area contributed by atoms with Crippen molar-refractivity contribution in [3.8, 4) is 0 Å². The van der Waals surface area contributed by atoms with Gasteiger partial charge in [-0.1, -0.05) is 29.3 Å². The minimum absolute atomic E-state index is 0.503. The molecule has 0 aliphatic carbocycles. The molecule has 0 atom stereocenters. The molecule has 0 aromatic carbocycles. The Bertz CT molecular complexity index is 616. The van der Waals surface area contributed by atoms with Crippen LogP contribution in [0.15, 0.2) is 24.3 Å². The fourth-order valence-corrected chi connectivity index (χ4v) is 2.50. The van der Waals surface area contributed by atoms with Crippen molar-refractivity contribution in [3.05, 3.63) is 45.7 Å². The van der Waals surface area contributed by atoms with Crippen LogP contribution in [-0.2, 0) is 6.54 Å². The Morgan fingerprint density at radius 1 is 1.20 bits per heavy atom. The van der Waals surface area contributed by atoms with Gasteiger partial charge in [-0.05, 0) is 25.1 Å². The van der Waals surface area contributed by atoms with Crippen molar-refractivity contribution in [1.29, 1.82) is 0 Å². The Morgan fingerprint density at radius 3 is 2.60 bits per heavy atom. The summed E-state index contributed by atoms with van der Waals surface area (Å²) in [5.74, 6) is 1.28. The van der Waals surface area contributed by atoms with Crippen molar-refractivity contribution >= 4 is 34.8 Å². The first kappa shape index (κ1) is 14.9. The number of hydrogen-bond donors (Lipinski definition) is 1. The highest BCUT2D eigenvalue weighted by Gasteiger charge is 2.13. The molecule has 0 fully saturated rings. The van der Waals surface area contributed by atoms with E-state index in [-0.39, 0.29) is 0 Å². The molecule has 2 heterocycles. The molecule has 106 valence electrons. The van der Waals surface area contributed by atoms with Gasteiger partial charge < -0.3 is 10.2 Å². The van der Waals surface area contributed by atoms with Crippen molar-refractivity contribution in [2.75, 3.05) is 24.3 Å². The van der Waals surface area contributed by atoms with E-state index in [1.165, 1.54) is 0 Å². The molecule has 0 bridgehead atoms. The van der Waals surface area contributed by atoms with E-state index in [2.05, 4.69) is 15.3 Å². The van der Waals surface area contributed by atoms with Gasteiger partial charge in [0.1, 0.15) is 11.6 Å². The molecule has 2 aromatic heterocycles. The fourth-order valence-electron chi connectivity index (χ4n) is 1.91. The number of aryl methyl sites for hydroxylation is 1. The quantitative estimate of drug-likeness (QED) is 0.933. The molecule has 0 spiro atoms. The summed E-state index contributed by atoms with van der Waals surface area (Å²) in [5, 5.41) is 3.97. The van der Waals surface area contributed by atoms with Crippen LogP contribution < -0.4 is 10.2 Å². The van der Waals surface area contributed by atoms with E-state index in [1.807, 2.05) is 37.1 Å². The van der Waals surface area contributed by atoms with Crippen LogP contribution in [0, 0.1) is 6.92 Å². The van der Waals surface area contributed by atoms with E-state index in [9.17, 15) is 0 Å². The van der Waals surface area contributed by atoms with Crippen molar-refractivity contribution in [2.24, 2.45) is 0 Å². The summed E-state index contributed by atoms with van der Waals surface area (Å²) in [7, 11) is 3.69. The van der Waals surface area contributed by atoms with Crippen LogP contribution in [0.1, 0.15) is 11.4 Å². The Morgan fingerprint density at radius 2 is 1.95 bits per heavy atom. The first-order valence-corrected chi connectivity index (χ1v) is 6.94. The highest BCUT2D eigenvalue weighted by atomic mass is 35.5. The molecule has 0 saturated carbocycles. The zero-order valence-electron chi connectivity index (χ0n) is 11.6. The number of anilines is 2. The molecule has 0 aliphatic heterocycles. The van der Waals surface area contributed by atoms with E-state index in [4.69, 9.17) is 23.2 Å². The lowest BCUT2D eigenvalue weighted by Crippen LogP contribution is -2.19. The lowest BCUT2D eigenvalue weighted by atomic mass is 10.3. The first-order chi connectivity index (χ1) is 9.51. The van der Waals surface area contributed by atoms with Gasteiger partial charge in [0.05, 0.1) is 22.3 Å². The van der Waals surface area contributed by atoms with E-state index >= 15 is 0 Å². The summed E-state index contributed by atoms with van der Waals surface area (Å²) < 4.78 is 0. The predicted octanol–water partition coefficient (Wildman–Crippen LogP) is 3.77. The van der Waals surface area contributed by atoms with E-state index in [0.29, 0.717) is 28.2 Å². The zero-order chi connectivity index (χ0) is 14.7. The number of aromatic nitrogens is 2. The second kappa shape index (κ2) is 6.29. The van der Waals surface area contributed by atoms with Crippen LogP contribution in [0.3, 0.4) is 0 Å². The fraction of sp³-hybridized carbons (Fsp3) is 0.286. The van der Waals surface area contributed by atoms with E-state index in [1.54, 1.807) is 13.1 Å². The predicted molar refractivity (Wildman–Crippen MR) is 84.9 cm³/mol. The van der Waals surface area contributed by atoms with Crippen LogP contribution in [-0.4, -0.2) is 24.1 Å². The molecule has 2 rings (SSSR count). The highest BCUT2D eigenvalue weighted by Crippen LogP contribution is 2.31. The monoisotopic (exact) mass is 310 g/mol. The van der Waals surface area contributed by atoms with Gasteiger partial charge in [-0.2, -0.15) is 0 Å². The van der Waals surface area contributed by atoms with Gasteiger partial charge in [-0.3, -0.25) is 4.98 Å². The average molecular weight is 311 g/mol. The van der Waals surface area contributed by atoms with Gasteiger partial charge in [-0.25, -0.2) is 4.98 Å². The van der Waals surface area contributed by atoms with Crippen LogP contribution in [0.4, 0.5) is 11.6 Å². The average Bonchev–Trinajstić information content (AvgIpc) is 2.38. The lowest BCUT2D eigenvalue weighted by molar-refractivity contribution is 0.860. The van der Waals surface area contributed by atoms with Gasteiger partial charge in [0.2, 0.25) is 0 Å². The summed E-state index contributed by atoms with van der Waals surface area (Å²) >= 11 is 12.3. The molecule has 20 heavy (non-hydrogen) atoms. The third-order valence-corrected chi connectivity index (χ3v) is 3.42. The van der Waals surface area contributed by atoms with Gasteiger partial charge >= 0.3 is 0 Å². The third kappa shape index (κ3) is 3.32. The Balaban J connectivity index is 2.27. The molecule has 0 unspecified atom stereocenters. The smallest absolute Gasteiger partial charge is 0.150 e. The molecule has 4 nitrogen and oxygen atoms in total. The number of nitrogens with one attached hydrogen (secondary N) is 1. The molecule has 2 aromatic rings. The van der Waals surface area contributed by atoms with Gasteiger partial charge in [0.25, 0.3) is 0 Å². The van der Waals surface area contributed by atoms with Crippen molar-refractivity contribution in [2.45, 2.75) is 13.5 Å². The topological polar surface area (TPSA) is 41.1 Å². The molecule has 0 radical (unpaired) electrons. The van der Waals surface area contributed by atoms with Crippen LogP contribution in [0.25, 0.3) is 0 Å². The Labute approximate surface area is 128 Å². The summed E-state index contributed by atoms with van der Waals surface area (Å²) in [5.41, 5.74) is 1.95. The molecule has 0 aliphatic rings. The van der Waals surface area contributed by atoms with Crippen molar-refractivity contribution < 1.29 is 0 Å². The summed E-state index contributed by atoms with van der Waals surface area (Å²) in [6.07, 6.45) is 0. The molecule has 0 saturated heterocycles. The number of nitrogens with zero attached hydrogens (tertiary/aromatic N) is 3. The maximum Gasteiger partial charge on any atom is 0.150 e. The molecular weight excluding hydrogens is 295 g/mol. The van der Waals surface area contributed by atoms with E-state index in [0.717, 1.165) is 11.4 Å².